The van der Waals surface area contributed by atoms with E-state index in [2.05, 4.69) is 16.0 Å². The number of para-hydroxylation sites is 1. The number of methoxy groups -OCH3 is 1. The molecular weight excluding hydrogens is 514 g/mol. The summed E-state index contributed by atoms with van der Waals surface area (Å²) in [4.78, 5) is 26.6. The molecular formula is C30H27N3O3S2. The Morgan fingerprint density at radius 3 is 2.21 bits per heavy atom. The average Bonchev–Trinajstić information content (AvgIpc) is 2.93. The number of nitrogens with one attached hydrogen (secondary N) is 3. The molecule has 8 heteroatoms. The fourth-order valence-corrected chi connectivity index (χ4v) is 5.01. The summed E-state index contributed by atoms with van der Waals surface area (Å²) in [6, 6.07) is 32.0. The normalized spacial score (nSPS) is 11.2. The number of hydrogen-bond donors (Lipinski definition) is 3. The van der Waals surface area contributed by atoms with Crippen molar-refractivity contribution in [2.24, 2.45) is 0 Å². The first-order valence-corrected chi connectivity index (χ1v) is 13.2. The van der Waals surface area contributed by atoms with E-state index in [1.165, 1.54) is 24.4 Å². The minimum absolute atomic E-state index is 0.257. The molecule has 0 bridgehead atoms. The number of benzene rings is 4. The molecule has 0 fully saturated rings. The molecule has 0 radical (unpaired) electrons. The van der Waals surface area contributed by atoms with Gasteiger partial charge in [-0.15, -0.1) is 11.8 Å². The molecule has 0 spiro atoms. The Labute approximate surface area is 231 Å². The van der Waals surface area contributed by atoms with Crippen LogP contribution in [0.2, 0.25) is 0 Å². The van der Waals surface area contributed by atoms with E-state index in [4.69, 9.17) is 17.0 Å². The lowest BCUT2D eigenvalue weighted by molar-refractivity contribution is -0.115. The second-order valence-electron chi connectivity index (χ2n) is 8.41. The Morgan fingerprint density at radius 2 is 1.47 bits per heavy atom. The maximum absolute atomic E-state index is 13.5. The van der Waals surface area contributed by atoms with Gasteiger partial charge in [-0.1, -0.05) is 66.2 Å². The predicted octanol–water partition coefficient (Wildman–Crippen LogP) is 7.06. The summed E-state index contributed by atoms with van der Waals surface area (Å²) in [5.41, 5.74) is 4.38. The highest BCUT2D eigenvalue weighted by Crippen LogP contribution is 2.37. The number of hydrogen-bond acceptors (Lipinski definition) is 5. The number of carbonyl (C=O) groups excluding carboxylic acids is 2. The van der Waals surface area contributed by atoms with Gasteiger partial charge in [0.1, 0.15) is 5.25 Å². The third kappa shape index (κ3) is 7.21. The van der Waals surface area contributed by atoms with E-state index in [9.17, 15) is 9.59 Å². The van der Waals surface area contributed by atoms with Crippen molar-refractivity contribution in [3.05, 3.63) is 120 Å². The van der Waals surface area contributed by atoms with Gasteiger partial charge in [0.25, 0.3) is 0 Å². The monoisotopic (exact) mass is 541 g/mol. The third-order valence-corrected chi connectivity index (χ3v) is 7.04. The Hall–Kier alpha value is -4.14. The molecule has 192 valence electrons. The molecule has 1 amide bonds. The van der Waals surface area contributed by atoms with Crippen molar-refractivity contribution in [1.29, 1.82) is 0 Å². The average molecular weight is 542 g/mol. The van der Waals surface area contributed by atoms with E-state index < -0.39 is 11.2 Å². The van der Waals surface area contributed by atoms with Gasteiger partial charge < -0.3 is 20.7 Å². The third-order valence-electron chi connectivity index (χ3n) is 5.59. The van der Waals surface area contributed by atoms with E-state index in [1.807, 2.05) is 85.8 Å². The lowest BCUT2D eigenvalue weighted by atomic mass is 10.1. The number of thioether (sulfide) groups is 1. The van der Waals surface area contributed by atoms with Gasteiger partial charge in [0.2, 0.25) is 5.91 Å². The summed E-state index contributed by atoms with van der Waals surface area (Å²) in [6.07, 6.45) is 0. The van der Waals surface area contributed by atoms with Crippen LogP contribution in [0.1, 0.15) is 26.7 Å². The Balaban J connectivity index is 1.52. The number of amides is 1. The van der Waals surface area contributed by atoms with Gasteiger partial charge in [-0.25, -0.2) is 4.79 Å². The summed E-state index contributed by atoms with van der Waals surface area (Å²) < 4.78 is 4.87. The number of esters is 1. The largest absolute Gasteiger partial charge is 0.465 e. The lowest BCUT2D eigenvalue weighted by Crippen LogP contribution is -2.21. The maximum Gasteiger partial charge on any atom is 0.339 e. The Bertz CT molecular complexity index is 1430. The molecule has 1 unspecified atom stereocenters. The van der Waals surface area contributed by atoms with Crippen molar-refractivity contribution in [1.82, 2.24) is 0 Å². The molecule has 4 aromatic rings. The Kier molecular flexibility index (Phi) is 9.13. The predicted molar refractivity (Wildman–Crippen MR) is 159 cm³/mol. The fraction of sp³-hybridized carbons (Fsp3) is 0.100. The molecule has 38 heavy (non-hydrogen) atoms. The van der Waals surface area contributed by atoms with Crippen molar-refractivity contribution in [2.75, 3.05) is 23.1 Å². The summed E-state index contributed by atoms with van der Waals surface area (Å²) in [5.74, 6) is -0.772. The van der Waals surface area contributed by atoms with E-state index in [0.29, 0.717) is 16.4 Å². The van der Waals surface area contributed by atoms with E-state index in [1.54, 1.807) is 24.3 Å². The quantitative estimate of drug-likeness (QED) is 0.125. The minimum Gasteiger partial charge on any atom is -0.465 e. The zero-order chi connectivity index (χ0) is 26.9. The van der Waals surface area contributed by atoms with Crippen LogP contribution in [0.25, 0.3) is 0 Å². The van der Waals surface area contributed by atoms with Gasteiger partial charge in [0, 0.05) is 16.3 Å². The molecule has 0 aliphatic heterocycles. The van der Waals surface area contributed by atoms with Crippen LogP contribution in [0.4, 0.5) is 17.1 Å². The molecule has 0 heterocycles. The van der Waals surface area contributed by atoms with E-state index >= 15 is 0 Å². The van der Waals surface area contributed by atoms with Crippen molar-refractivity contribution < 1.29 is 14.3 Å². The highest BCUT2D eigenvalue weighted by Gasteiger charge is 2.24. The van der Waals surface area contributed by atoms with Gasteiger partial charge in [0.15, 0.2) is 5.11 Å². The van der Waals surface area contributed by atoms with Crippen LogP contribution in [0.3, 0.4) is 0 Å². The number of thiocarbonyl (C=S) groups is 1. The molecule has 0 aliphatic carbocycles. The molecule has 4 rings (SSSR count). The topological polar surface area (TPSA) is 79.5 Å². The van der Waals surface area contributed by atoms with Crippen LogP contribution in [0.5, 0.6) is 0 Å². The number of ether oxygens (including phenoxy) is 1. The van der Waals surface area contributed by atoms with Crippen LogP contribution in [0, 0.1) is 6.92 Å². The second kappa shape index (κ2) is 12.9. The van der Waals surface area contributed by atoms with Gasteiger partial charge in [-0.3, -0.25) is 4.79 Å². The van der Waals surface area contributed by atoms with Crippen molar-refractivity contribution in [3.63, 3.8) is 0 Å². The summed E-state index contributed by atoms with van der Waals surface area (Å²) in [7, 11) is 1.31. The van der Waals surface area contributed by atoms with Gasteiger partial charge in [-0.2, -0.15) is 0 Å². The lowest BCUT2D eigenvalue weighted by Gasteiger charge is -2.19. The summed E-state index contributed by atoms with van der Waals surface area (Å²) >= 11 is 6.89. The van der Waals surface area contributed by atoms with Gasteiger partial charge in [0.05, 0.1) is 18.4 Å². The van der Waals surface area contributed by atoms with Gasteiger partial charge in [-0.05, 0) is 67.2 Å². The first-order chi connectivity index (χ1) is 18.4. The second-order valence-corrected chi connectivity index (χ2v) is 9.99. The molecule has 0 aromatic heterocycles. The highest BCUT2D eigenvalue weighted by atomic mass is 32.2. The van der Waals surface area contributed by atoms with Crippen LogP contribution in [0.15, 0.2) is 108 Å². The zero-order valence-electron chi connectivity index (χ0n) is 20.9. The van der Waals surface area contributed by atoms with Crippen molar-refractivity contribution >= 4 is 58.0 Å². The Morgan fingerprint density at radius 1 is 0.789 bits per heavy atom. The number of carbonyl (C=O) groups is 2. The number of aryl methyl sites for hydroxylation is 1. The number of anilines is 3. The van der Waals surface area contributed by atoms with Gasteiger partial charge >= 0.3 is 5.97 Å². The maximum atomic E-state index is 13.5. The van der Waals surface area contributed by atoms with E-state index in [0.717, 1.165) is 21.8 Å². The molecule has 0 aliphatic rings. The van der Waals surface area contributed by atoms with Crippen LogP contribution in [-0.4, -0.2) is 24.1 Å². The van der Waals surface area contributed by atoms with Crippen LogP contribution >= 0.6 is 24.0 Å². The minimum atomic E-state index is -0.574. The smallest absolute Gasteiger partial charge is 0.339 e. The first-order valence-electron chi connectivity index (χ1n) is 11.9. The molecule has 3 N–H and O–H groups in total. The molecule has 0 saturated heterocycles. The molecule has 4 aromatic carbocycles. The fourth-order valence-electron chi connectivity index (χ4n) is 3.69. The summed E-state index contributed by atoms with van der Waals surface area (Å²) in [5, 5.41) is 9.20. The first kappa shape index (κ1) is 26.9. The molecule has 0 saturated carbocycles. The number of rotatable bonds is 8. The zero-order valence-corrected chi connectivity index (χ0v) is 22.6. The molecule has 6 nitrogen and oxygen atoms in total. The standard InChI is InChI=1S/C30H27N3O3S2/c1-20-15-17-22(18-16-20)31-30(37)32-23-11-8-12-24(19-23)38-27(21-9-4-3-5-10-21)28(34)33-26-14-7-6-13-25(26)29(35)36-2/h3-19,27H,1-2H3,(H,33,34)(H2,31,32,37). The van der Waals surface area contributed by atoms with Crippen molar-refractivity contribution in [3.8, 4) is 0 Å². The summed E-state index contributed by atoms with van der Waals surface area (Å²) in [6.45, 7) is 2.03. The van der Waals surface area contributed by atoms with Crippen LogP contribution < -0.4 is 16.0 Å². The van der Waals surface area contributed by atoms with Crippen molar-refractivity contribution in [2.45, 2.75) is 17.1 Å². The van der Waals surface area contributed by atoms with E-state index in [-0.39, 0.29) is 5.91 Å². The highest BCUT2D eigenvalue weighted by molar-refractivity contribution is 8.00. The SMILES string of the molecule is COC(=O)c1ccccc1NC(=O)C(Sc1cccc(NC(=S)Nc2ccc(C)cc2)c1)c1ccccc1. The molecule has 1 atom stereocenters. The van der Waals surface area contributed by atoms with Crippen LogP contribution in [-0.2, 0) is 9.53 Å².